The van der Waals surface area contributed by atoms with E-state index < -0.39 is 0 Å². The zero-order valence-corrected chi connectivity index (χ0v) is 10.8. The van der Waals surface area contributed by atoms with Crippen LogP contribution in [-0.4, -0.2) is 30.4 Å². The van der Waals surface area contributed by atoms with Gasteiger partial charge >= 0.3 is 0 Å². The van der Waals surface area contributed by atoms with E-state index in [-0.39, 0.29) is 12.0 Å². The molecule has 1 amide bonds. The number of rotatable bonds is 4. The minimum atomic E-state index is 0.137. The maximum absolute atomic E-state index is 12.4. The van der Waals surface area contributed by atoms with Crippen molar-refractivity contribution >= 4 is 5.91 Å². The van der Waals surface area contributed by atoms with E-state index in [9.17, 15) is 4.79 Å². The molecule has 3 aliphatic carbocycles. The summed E-state index contributed by atoms with van der Waals surface area (Å²) in [6, 6.07) is 0.143. The Hall–Kier alpha value is -0.570. The molecule has 0 heterocycles. The lowest BCUT2D eigenvalue weighted by Gasteiger charge is -2.30. The Bertz CT molecular complexity index is 311. The number of carbonyl (C=O) groups excluding carboxylic acids is 1. The minimum Gasteiger partial charge on any atom is -0.345 e. The lowest BCUT2D eigenvalue weighted by Crippen LogP contribution is -2.46. The van der Waals surface area contributed by atoms with Gasteiger partial charge in [0, 0.05) is 19.6 Å². The van der Waals surface area contributed by atoms with E-state index in [4.69, 9.17) is 5.73 Å². The number of hydrogen-bond donors (Lipinski definition) is 1. The second-order valence-corrected chi connectivity index (χ2v) is 6.43. The highest BCUT2D eigenvalue weighted by Crippen LogP contribution is 2.48. The Labute approximate surface area is 104 Å². The van der Waals surface area contributed by atoms with Crippen molar-refractivity contribution in [3.05, 3.63) is 0 Å². The predicted octanol–water partition coefficient (Wildman–Crippen LogP) is 1.62. The Morgan fingerprint density at radius 2 is 1.94 bits per heavy atom. The molecular weight excluding hydrogens is 212 g/mol. The molecule has 3 fully saturated rings. The normalized spacial score (nSPS) is 39.6. The van der Waals surface area contributed by atoms with Gasteiger partial charge < -0.3 is 10.6 Å². The van der Waals surface area contributed by atoms with Gasteiger partial charge in [0.1, 0.15) is 0 Å². The molecule has 3 nitrogen and oxygen atoms in total. The third kappa shape index (κ3) is 2.10. The molecule has 0 aromatic rings. The smallest absolute Gasteiger partial charge is 0.227 e. The fraction of sp³-hybridized carbons (Fsp3) is 0.929. The average molecular weight is 236 g/mol. The van der Waals surface area contributed by atoms with E-state index in [1.807, 2.05) is 11.9 Å². The van der Waals surface area contributed by atoms with Gasteiger partial charge in [-0.05, 0) is 43.4 Å². The predicted molar refractivity (Wildman–Crippen MR) is 67.3 cm³/mol. The molecule has 3 aliphatic rings. The first-order chi connectivity index (χ1) is 8.16. The molecule has 0 aliphatic heterocycles. The van der Waals surface area contributed by atoms with Gasteiger partial charge in [-0.25, -0.2) is 0 Å². The maximum Gasteiger partial charge on any atom is 0.227 e. The molecule has 17 heavy (non-hydrogen) atoms. The molecule has 0 radical (unpaired) electrons. The van der Waals surface area contributed by atoms with Crippen LogP contribution in [0.3, 0.4) is 0 Å². The van der Waals surface area contributed by atoms with Gasteiger partial charge in [0.15, 0.2) is 0 Å². The fourth-order valence-electron chi connectivity index (χ4n) is 3.85. The molecule has 0 aromatic carbocycles. The summed E-state index contributed by atoms with van der Waals surface area (Å²) in [6.07, 6.45) is 7.62. The minimum absolute atomic E-state index is 0.137. The zero-order valence-electron chi connectivity index (χ0n) is 10.8. The van der Waals surface area contributed by atoms with Crippen molar-refractivity contribution in [1.29, 1.82) is 0 Å². The fourth-order valence-corrected chi connectivity index (χ4v) is 3.85. The van der Waals surface area contributed by atoms with Crippen LogP contribution in [0.2, 0.25) is 0 Å². The lowest BCUT2D eigenvalue weighted by atomic mass is 9.84. The van der Waals surface area contributed by atoms with E-state index in [0.717, 1.165) is 12.5 Å². The Kier molecular flexibility index (Phi) is 2.89. The largest absolute Gasteiger partial charge is 0.345 e. The highest BCUT2D eigenvalue weighted by molar-refractivity contribution is 5.80. The average Bonchev–Trinajstić information content (AvgIpc) is 2.95. The van der Waals surface area contributed by atoms with Gasteiger partial charge in [-0.2, -0.15) is 0 Å². The first kappa shape index (κ1) is 11.5. The van der Waals surface area contributed by atoms with Crippen molar-refractivity contribution < 1.29 is 4.79 Å². The van der Waals surface area contributed by atoms with E-state index >= 15 is 0 Å². The summed E-state index contributed by atoms with van der Waals surface area (Å²) < 4.78 is 0. The van der Waals surface area contributed by atoms with Crippen molar-refractivity contribution in [2.75, 3.05) is 13.6 Å². The molecule has 96 valence electrons. The summed E-state index contributed by atoms with van der Waals surface area (Å²) in [6.45, 7) is 0.935. The van der Waals surface area contributed by atoms with Crippen LogP contribution in [-0.2, 0) is 4.79 Å². The second-order valence-electron chi connectivity index (χ2n) is 6.43. The third-order valence-corrected chi connectivity index (χ3v) is 5.21. The van der Waals surface area contributed by atoms with Gasteiger partial charge in [0.25, 0.3) is 0 Å². The number of nitrogens with zero attached hydrogens (tertiary/aromatic N) is 1. The van der Waals surface area contributed by atoms with Gasteiger partial charge in [-0.15, -0.1) is 0 Å². The highest BCUT2D eigenvalue weighted by atomic mass is 16.2. The number of hydrogen-bond acceptors (Lipinski definition) is 2. The number of carbonyl (C=O) groups is 1. The van der Waals surface area contributed by atoms with Crippen LogP contribution in [0.25, 0.3) is 0 Å². The van der Waals surface area contributed by atoms with E-state index in [1.54, 1.807) is 0 Å². The summed E-state index contributed by atoms with van der Waals surface area (Å²) in [7, 11) is 1.96. The molecule has 0 aromatic heterocycles. The summed E-state index contributed by atoms with van der Waals surface area (Å²) in [5.41, 5.74) is 6.22. The maximum atomic E-state index is 12.4. The van der Waals surface area contributed by atoms with Crippen LogP contribution in [0, 0.1) is 23.7 Å². The number of amides is 1. The van der Waals surface area contributed by atoms with Gasteiger partial charge in [0.2, 0.25) is 5.91 Å². The van der Waals surface area contributed by atoms with Crippen LogP contribution in [0.4, 0.5) is 0 Å². The Balaban J connectivity index is 1.57. The first-order valence-electron chi connectivity index (χ1n) is 7.17. The zero-order chi connectivity index (χ0) is 12.0. The SMILES string of the molecule is CN(CCC1CC1)C(=O)C1C2CCC(C2)C1N. The standard InChI is InChI=1S/C14H24N2O/c1-16(7-6-9-2-3-9)14(17)12-10-4-5-11(8-10)13(12)15/h9-13H,2-8,15H2,1H3. The molecule has 2 bridgehead atoms. The van der Waals surface area contributed by atoms with Crippen LogP contribution in [0.5, 0.6) is 0 Å². The summed E-state index contributed by atoms with van der Waals surface area (Å²) in [5.74, 6) is 2.58. The molecule has 3 saturated carbocycles. The van der Waals surface area contributed by atoms with Crippen molar-refractivity contribution in [1.82, 2.24) is 4.90 Å². The summed E-state index contributed by atoms with van der Waals surface area (Å²) in [5, 5.41) is 0. The monoisotopic (exact) mass is 236 g/mol. The summed E-state index contributed by atoms with van der Waals surface area (Å²) >= 11 is 0. The van der Waals surface area contributed by atoms with Crippen LogP contribution < -0.4 is 5.73 Å². The number of fused-ring (bicyclic) bond motifs is 2. The topological polar surface area (TPSA) is 46.3 Å². The molecule has 2 N–H and O–H groups in total. The molecule has 3 heteroatoms. The van der Waals surface area contributed by atoms with Gasteiger partial charge in [0.05, 0.1) is 5.92 Å². The molecule has 3 rings (SSSR count). The molecular formula is C14H24N2O. The quantitative estimate of drug-likeness (QED) is 0.806. The Morgan fingerprint density at radius 1 is 1.24 bits per heavy atom. The van der Waals surface area contributed by atoms with Crippen LogP contribution in [0.15, 0.2) is 0 Å². The van der Waals surface area contributed by atoms with E-state index in [1.165, 1.54) is 38.5 Å². The van der Waals surface area contributed by atoms with Crippen LogP contribution >= 0.6 is 0 Å². The van der Waals surface area contributed by atoms with E-state index in [0.29, 0.717) is 17.7 Å². The van der Waals surface area contributed by atoms with Crippen molar-refractivity contribution in [3.8, 4) is 0 Å². The van der Waals surface area contributed by atoms with Crippen LogP contribution in [0.1, 0.15) is 38.5 Å². The van der Waals surface area contributed by atoms with Crippen molar-refractivity contribution in [2.45, 2.75) is 44.6 Å². The van der Waals surface area contributed by atoms with E-state index in [2.05, 4.69) is 0 Å². The molecule has 0 saturated heterocycles. The second kappa shape index (κ2) is 4.27. The lowest BCUT2D eigenvalue weighted by molar-refractivity contribution is -0.136. The van der Waals surface area contributed by atoms with Crippen molar-refractivity contribution in [2.24, 2.45) is 29.4 Å². The molecule has 4 atom stereocenters. The summed E-state index contributed by atoms with van der Waals surface area (Å²) in [4.78, 5) is 14.4. The molecule has 0 spiro atoms. The molecule has 4 unspecified atom stereocenters. The van der Waals surface area contributed by atoms with Gasteiger partial charge in [-0.1, -0.05) is 12.8 Å². The number of nitrogens with two attached hydrogens (primary N) is 1. The van der Waals surface area contributed by atoms with Gasteiger partial charge in [-0.3, -0.25) is 4.79 Å². The highest BCUT2D eigenvalue weighted by Gasteiger charge is 2.49. The first-order valence-corrected chi connectivity index (χ1v) is 7.17. The van der Waals surface area contributed by atoms with Crippen molar-refractivity contribution in [3.63, 3.8) is 0 Å². The Morgan fingerprint density at radius 3 is 2.53 bits per heavy atom. The third-order valence-electron chi connectivity index (χ3n) is 5.21.